The Morgan fingerprint density at radius 1 is 0.680 bits per heavy atom. The molecule has 3 aromatic rings. The molecular weight excluding hydrogens is 302 g/mol. The van der Waals surface area contributed by atoms with Crippen molar-refractivity contribution in [1.29, 1.82) is 0 Å². The zero-order valence-electron chi connectivity index (χ0n) is 15.4. The molecular formula is C24H27N. The summed E-state index contributed by atoms with van der Waals surface area (Å²) in [6, 6.07) is 25.7. The zero-order chi connectivity index (χ0) is 17.9. The summed E-state index contributed by atoms with van der Waals surface area (Å²) in [5, 5.41) is 0. The van der Waals surface area contributed by atoms with Gasteiger partial charge in [-0.3, -0.25) is 0 Å². The molecule has 0 amide bonds. The van der Waals surface area contributed by atoms with Gasteiger partial charge in [-0.15, -0.1) is 0 Å². The molecule has 3 rings (SSSR count). The van der Waals surface area contributed by atoms with Crippen LogP contribution in [0.2, 0.25) is 0 Å². The number of rotatable bonds is 4. The molecule has 0 aliphatic rings. The van der Waals surface area contributed by atoms with Crippen LogP contribution in [0.25, 0.3) is 0 Å². The lowest BCUT2D eigenvalue weighted by Gasteiger charge is -2.23. The molecule has 0 spiro atoms. The second-order valence-electron chi connectivity index (χ2n) is 7.78. The van der Waals surface area contributed by atoms with E-state index < -0.39 is 0 Å². The topological polar surface area (TPSA) is 26.0 Å². The maximum absolute atomic E-state index is 6.59. The molecule has 3 aromatic carbocycles. The third-order valence-corrected chi connectivity index (χ3v) is 4.69. The highest BCUT2D eigenvalue weighted by molar-refractivity contribution is 5.59. The van der Waals surface area contributed by atoms with Crippen molar-refractivity contribution in [2.45, 2.75) is 39.0 Å². The lowest BCUT2D eigenvalue weighted by molar-refractivity contribution is 0.589. The standard InChI is InChI=1S/C24H27N/c1-24(2,3)22-16-20(14-18-10-6-4-7-11-18)23(25)21(17-22)15-19-12-8-5-9-13-19/h4-13,16-17H,14-15,25H2,1-3H3. The van der Waals surface area contributed by atoms with E-state index in [9.17, 15) is 0 Å². The van der Waals surface area contributed by atoms with Crippen molar-refractivity contribution in [3.8, 4) is 0 Å². The van der Waals surface area contributed by atoms with Crippen molar-refractivity contribution in [2.75, 3.05) is 5.73 Å². The largest absolute Gasteiger partial charge is 0.398 e. The Hall–Kier alpha value is -2.54. The van der Waals surface area contributed by atoms with Gasteiger partial charge in [0.05, 0.1) is 0 Å². The van der Waals surface area contributed by atoms with Crippen LogP contribution in [0.4, 0.5) is 5.69 Å². The van der Waals surface area contributed by atoms with E-state index in [0.29, 0.717) is 0 Å². The molecule has 0 bridgehead atoms. The van der Waals surface area contributed by atoms with E-state index in [1.807, 2.05) is 0 Å². The molecule has 0 unspecified atom stereocenters. The Morgan fingerprint density at radius 2 is 1.08 bits per heavy atom. The van der Waals surface area contributed by atoms with Crippen molar-refractivity contribution in [3.63, 3.8) is 0 Å². The predicted octanol–water partition coefficient (Wildman–Crippen LogP) is 5.75. The van der Waals surface area contributed by atoms with Crippen molar-refractivity contribution in [2.24, 2.45) is 0 Å². The average molecular weight is 329 g/mol. The van der Waals surface area contributed by atoms with E-state index in [1.165, 1.54) is 27.8 Å². The minimum absolute atomic E-state index is 0.102. The number of nitrogen functional groups attached to an aromatic ring is 1. The van der Waals surface area contributed by atoms with Gasteiger partial charge in [0.2, 0.25) is 0 Å². The third kappa shape index (κ3) is 4.30. The van der Waals surface area contributed by atoms with Gasteiger partial charge in [-0.2, -0.15) is 0 Å². The first-order valence-electron chi connectivity index (χ1n) is 8.93. The first kappa shape index (κ1) is 17.3. The summed E-state index contributed by atoms with van der Waals surface area (Å²) < 4.78 is 0. The van der Waals surface area contributed by atoms with E-state index >= 15 is 0 Å². The molecule has 0 fully saturated rings. The Morgan fingerprint density at radius 3 is 1.44 bits per heavy atom. The molecule has 128 valence electrons. The Kier molecular flexibility index (Phi) is 4.94. The Bertz CT molecular complexity index is 764. The van der Waals surface area contributed by atoms with Crippen LogP contribution in [0.1, 0.15) is 48.6 Å². The van der Waals surface area contributed by atoms with Crippen LogP contribution in [-0.2, 0) is 18.3 Å². The third-order valence-electron chi connectivity index (χ3n) is 4.69. The van der Waals surface area contributed by atoms with Gasteiger partial charge >= 0.3 is 0 Å². The smallest absolute Gasteiger partial charge is 0.0386 e. The van der Waals surface area contributed by atoms with Gasteiger partial charge < -0.3 is 5.73 Å². The van der Waals surface area contributed by atoms with Crippen LogP contribution in [0, 0.1) is 0 Å². The van der Waals surface area contributed by atoms with Gasteiger partial charge in [-0.05, 0) is 46.1 Å². The fourth-order valence-electron chi connectivity index (χ4n) is 3.14. The summed E-state index contributed by atoms with van der Waals surface area (Å²) in [5.74, 6) is 0. The van der Waals surface area contributed by atoms with Crippen molar-refractivity contribution < 1.29 is 0 Å². The van der Waals surface area contributed by atoms with Gasteiger partial charge in [-0.25, -0.2) is 0 Å². The fourth-order valence-corrected chi connectivity index (χ4v) is 3.14. The second kappa shape index (κ2) is 7.14. The Labute approximate surface area is 151 Å². The average Bonchev–Trinajstić information content (AvgIpc) is 2.59. The monoisotopic (exact) mass is 329 g/mol. The molecule has 0 heterocycles. The minimum Gasteiger partial charge on any atom is -0.398 e. The highest BCUT2D eigenvalue weighted by atomic mass is 14.6. The molecule has 0 aliphatic carbocycles. The molecule has 25 heavy (non-hydrogen) atoms. The van der Waals surface area contributed by atoms with Crippen LogP contribution in [0.15, 0.2) is 72.8 Å². The van der Waals surface area contributed by atoms with Crippen LogP contribution in [0.5, 0.6) is 0 Å². The number of hydrogen-bond donors (Lipinski definition) is 1. The summed E-state index contributed by atoms with van der Waals surface area (Å²) in [6.45, 7) is 6.78. The highest BCUT2D eigenvalue weighted by Gasteiger charge is 2.18. The normalized spacial score (nSPS) is 11.5. The second-order valence-corrected chi connectivity index (χ2v) is 7.78. The maximum Gasteiger partial charge on any atom is 0.0386 e. The lowest BCUT2D eigenvalue weighted by atomic mass is 9.82. The number of benzene rings is 3. The summed E-state index contributed by atoms with van der Waals surface area (Å²) in [5.41, 5.74) is 14.0. The summed E-state index contributed by atoms with van der Waals surface area (Å²) >= 11 is 0. The summed E-state index contributed by atoms with van der Waals surface area (Å²) in [7, 11) is 0. The SMILES string of the molecule is CC(C)(C)c1cc(Cc2ccccc2)c(N)c(Cc2ccccc2)c1. The molecule has 0 atom stereocenters. The number of nitrogens with two attached hydrogens (primary N) is 1. The van der Waals surface area contributed by atoms with E-state index in [4.69, 9.17) is 5.73 Å². The molecule has 0 saturated carbocycles. The molecule has 1 heteroatoms. The van der Waals surface area contributed by atoms with Gasteiger partial charge in [0, 0.05) is 5.69 Å². The van der Waals surface area contributed by atoms with Gasteiger partial charge in [0.1, 0.15) is 0 Å². The quantitative estimate of drug-likeness (QED) is 0.606. The highest BCUT2D eigenvalue weighted by Crippen LogP contribution is 2.31. The van der Waals surface area contributed by atoms with Crippen LogP contribution in [-0.4, -0.2) is 0 Å². The first-order chi connectivity index (χ1) is 11.9. The molecule has 0 aliphatic heterocycles. The predicted molar refractivity (Wildman–Crippen MR) is 108 cm³/mol. The number of hydrogen-bond acceptors (Lipinski definition) is 1. The van der Waals surface area contributed by atoms with E-state index in [2.05, 4.69) is 93.6 Å². The minimum atomic E-state index is 0.102. The van der Waals surface area contributed by atoms with Crippen LogP contribution in [0.3, 0.4) is 0 Å². The summed E-state index contributed by atoms with van der Waals surface area (Å²) in [4.78, 5) is 0. The van der Waals surface area contributed by atoms with Crippen molar-refractivity contribution >= 4 is 5.69 Å². The maximum atomic E-state index is 6.59. The van der Waals surface area contributed by atoms with Gasteiger partial charge in [-0.1, -0.05) is 93.6 Å². The van der Waals surface area contributed by atoms with Gasteiger partial charge in [0.25, 0.3) is 0 Å². The molecule has 0 saturated heterocycles. The molecule has 1 nitrogen and oxygen atoms in total. The fraction of sp³-hybridized carbons (Fsp3) is 0.250. The zero-order valence-corrected chi connectivity index (χ0v) is 15.4. The lowest BCUT2D eigenvalue weighted by Crippen LogP contribution is -2.14. The van der Waals surface area contributed by atoms with E-state index in [1.54, 1.807) is 0 Å². The van der Waals surface area contributed by atoms with E-state index in [-0.39, 0.29) is 5.41 Å². The molecule has 0 aromatic heterocycles. The van der Waals surface area contributed by atoms with Crippen molar-refractivity contribution in [3.05, 3.63) is 101 Å². The van der Waals surface area contributed by atoms with Crippen LogP contribution >= 0.6 is 0 Å². The Balaban J connectivity index is 2.03. The molecule has 2 N–H and O–H groups in total. The van der Waals surface area contributed by atoms with Gasteiger partial charge in [0.15, 0.2) is 0 Å². The van der Waals surface area contributed by atoms with Crippen molar-refractivity contribution in [1.82, 2.24) is 0 Å². The number of anilines is 1. The summed E-state index contributed by atoms with van der Waals surface area (Å²) in [6.07, 6.45) is 1.75. The van der Waals surface area contributed by atoms with E-state index in [0.717, 1.165) is 18.5 Å². The molecule has 0 radical (unpaired) electrons. The van der Waals surface area contributed by atoms with Crippen LogP contribution < -0.4 is 5.73 Å². The first-order valence-corrected chi connectivity index (χ1v) is 8.93.